The van der Waals surface area contributed by atoms with Crippen molar-refractivity contribution in [3.8, 4) is 5.75 Å². The number of benzene rings is 2. The molecule has 11 heteroatoms. The maximum atomic E-state index is 13.2. The van der Waals surface area contributed by atoms with Crippen molar-refractivity contribution in [1.82, 2.24) is 4.72 Å². The number of hydrogen-bond donors (Lipinski definition) is 1. The summed E-state index contributed by atoms with van der Waals surface area (Å²) in [5.74, 6) is -0.0870. The van der Waals surface area contributed by atoms with Gasteiger partial charge in [-0.25, -0.2) is 13.1 Å². The van der Waals surface area contributed by atoms with Gasteiger partial charge in [0.1, 0.15) is 22.2 Å². The number of alkyl halides is 3. The predicted octanol–water partition coefficient (Wildman–Crippen LogP) is 6.00. The summed E-state index contributed by atoms with van der Waals surface area (Å²) < 4.78 is 77.9. The average Bonchev–Trinajstić information content (AvgIpc) is 3.19. The Kier molecular flexibility index (Phi) is 7.09. The maximum Gasteiger partial charge on any atom is 0.416 e. The minimum Gasteiger partial charge on any atom is -0.488 e. The van der Waals surface area contributed by atoms with Crippen molar-refractivity contribution in [3.63, 3.8) is 0 Å². The zero-order valence-corrected chi connectivity index (χ0v) is 19.5. The van der Waals surface area contributed by atoms with Crippen LogP contribution in [0.15, 0.2) is 55.8 Å². The van der Waals surface area contributed by atoms with Gasteiger partial charge in [-0.15, -0.1) is 11.8 Å². The Morgan fingerprint density at radius 2 is 2.00 bits per heavy atom. The van der Waals surface area contributed by atoms with Gasteiger partial charge < -0.3 is 9.15 Å². The molecule has 5 nitrogen and oxygen atoms in total. The number of furan rings is 1. The van der Waals surface area contributed by atoms with Crippen molar-refractivity contribution >= 4 is 54.8 Å². The molecule has 0 aliphatic heterocycles. The van der Waals surface area contributed by atoms with E-state index >= 15 is 0 Å². The average molecular weight is 536 g/mol. The van der Waals surface area contributed by atoms with Crippen molar-refractivity contribution in [2.45, 2.75) is 12.8 Å². The summed E-state index contributed by atoms with van der Waals surface area (Å²) in [5.41, 5.74) is 0.655. The second kappa shape index (κ2) is 9.27. The monoisotopic (exact) mass is 535 g/mol. The van der Waals surface area contributed by atoms with Gasteiger partial charge in [-0.05, 0) is 71.2 Å². The minimum atomic E-state index is -4.57. The van der Waals surface area contributed by atoms with E-state index in [1.54, 1.807) is 24.5 Å². The molecule has 166 valence electrons. The molecular formula is C20H17BrF3NO4S2. The van der Waals surface area contributed by atoms with E-state index in [0.29, 0.717) is 15.6 Å². The van der Waals surface area contributed by atoms with E-state index in [4.69, 9.17) is 9.15 Å². The van der Waals surface area contributed by atoms with Gasteiger partial charge in [0.05, 0.1) is 16.3 Å². The molecule has 0 radical (unpaired) electrons. The first kappa shape index (κ1) is 23.7. The molecule has 0 saturated heterocycles. The van der Waals surface area contributed by atoms with Crippen LogP contribution in [0, 0.1) is 0 Å². The fourth-order valence-corrected chi connectivity index (χ4v) is 5.24. The molecule has 3 aromatic rings. The zero-order chi connectivity index (χ0) is 22.8. The highest BCUT2D eigenvalue weighted by Gasteiger charge is 2.31. The third kappa shape index (κ3) is 5.46. The van der Waals surface area contributed by atoms with Crippen LogP contribution < -0.4 is 9.46 Å². The van der Waals surface area contributed by atoms with E-state index in [-0.39, 0.29) is 22.2 Å². The van der Waals surface area contributed by atoms with E-state index in [9.17, 15) is 21.6 Å². The van der Waals surface area contributed by atoms with Gasteiger partial charge in [-0.2, -0.15) is 13.2 Å². The number of nitrogens with one attached hydrogen (secondary N) is 1. The van der Waals surface area contributed by atoms with Crippen LogP contribution in [-0.2, 0) is 22.8 Å². The SMILES string of the molecule is CNS(=O)(=O)/C(=C/c1ccc(C(F)(F)F)cc1OCc1cc(Br)c2occc2c1)SC. The molecule has 0 amide bonds. The summed E-state index contributed by atoms with van der Waals surface area (Å²) >= 11 is 4.34. The van der Waals surface area contributed by atoms with Gasteiger partial charge in [0.15, 0.2) is 0 Å². The topological polar surface area (TPSA) is 68.5 Å². The number of halogens is 4. The number of hydrogen-bond acceptors (Lipinski definition) is 5. The second-order valence-corrected chi connectivity index (χ2v) is 10.1. The number of thioether (sulfide) groups is 1. The fourth-order valence-electron chi connectivity index (χ4n) is 2.77. The Labute approximate surface area is 189 Å². The number of ether oxygens (including phenoxy) is 1. The van der Waals surface area contributed by atoms with Gasteiger partial charge in [0.2, 0.25) is 10.0 Å². The largest absolute Gasteiger partial charge is 0.488 e. The summed E-state index contributed by atoms with van der Waals surface area (Å²) in [6.45, 7) is -0.0325. The van der Waals surface area contributed by atoms with Crippen LogP contribution >= 0.6 is 27.7 Å². The van der Waals surface area contributed by atoms with Crippen LogP contribution in [0.5, 0.6) is 5.75 Å². The molecule has 1 N–H and O–H groups in total. The highest BCUT2D eigenvalue weighted by atomic mass is 79.9. The van der Waals surface area contributed by atoms with Crippen LogP contribution in [-0.4, -0.2) is 21.7 Å². The minimum absolute atomic E-state index is 0.0325. The van der Waals surface area contributed by atoms with Crippen molar-refractivity contribution in [2.75, 3.05) is 13.3 Å². The molecule has 0 aliphatic rings. The standard InChI is InChI=1S/C20H17BrF3NO4S2/c1-25-31(26,27)18(30-2)9-13-3-4-15(20(22,23)24)10-17(13)29-11-12-7-14-5-6-28-19(14)16(21)8-12/h3-10,25H,11H2,1-2H3/b18-9+. The molecule has 0 saturated carbocycles. The Morgan fingerprint density at radius 1 is 1.26 bits per heavy atom. The highest BCUT2D eigenvalue weighted by Crippen LogP contribution is 2.35. The van der Waals surface area contributed by atoms with Crippen LogP contribution in [0.25, 0.3) is 17.0 Å². The van der Waals surface area contributed by atoms with E-state index in [2.05, 4.69) is 20.7 Å². The molecular weight excluding hydrogens is 519 g/mol. The summed E-state index contributed by atoms with van der Waals surface area (Å²) in [6, 6.07) is 8.24. The third-order valence-corrected chi connectivity index (χ3v) is 7.76. The second-order valence-electron chi connectivity index (χ2n) is 6.33. The molecule has 0 atom stereocenters. The van der Waals surface area contributed by atoms with Crippen molar-refractivity contribution in [1.29, 1.82) is 0 Å². The Bertz CT molecular complexity index is 1240. The lowest BCUT2D eigenvalue weighted by Crippen LogP contribution is -2.18. The maximum absolute atomic E-state index is 13.2. The number of fused-ring (bicyclic) bond motifs is 1. The molecule has 3 rings (SSSR count). The zero-order valence-electron chi connectivity index (χ0n) is 16.3. The lowest BCUT2D eigenvalue weighted by atomic mass is 10.1. The van der Waals surface area contributed by atoms with Crippen molar-refractivity contribution in [3.05, 3.63) is 68.1 Å². The molecule has 1 heterocycles. The Hall–Kier alpha value is -1.95. The lowest BCUT2D eigenvalue weighted by molar-refractivity contribution is -0.137. The number of sulfonamides is 1. The van der Waals surface area contributed by atoms with Crippen LogP contribution in [0.3, 0.4) is 0 Å². The van der Waals surface area contributed by atoms with Gasteiger partial charge in [0.25, 0.3) is 0 Å². The Morgan fingerprint density at radius 3 is 2.65 bits per heavy atom. The third-order valence-electron chi connectivity index (χ3n) is 4.31. The first-order valence-corrected chi connectivity index (χ1v) is 12.2. The first-order valence-electron chi connectivity index (χ1n) is 8.74. The lowest BCUT2D eigenvalue weighted by Gasteiger charge is -2.14. The van der Waals surface area contributed by atoms with Gasteiger partial charge in [0, 0.05) is 10.9 Å². The molecule has 31 heavy (non-hydrogen) atoms. The summed E-state index contributed by atoms with van der Waals surface area (Å²) in [5, 5.41) is 0.807. The molecule has 1 aromatic heterocycles. The summed E-state index contributed by atoms with van der Waals surface area (Å²) in [6.07, 6.45) is -0.204. The summed E-state index contributed by atoms with van der Waals surface area (Å²) in [4.78, 5) is 0. The van der Waals surface area contributed by atoms with Gasteiger partial charge in [-0.3, -0.25) is 0 Å². The van der Waals surface area contributed by atoms with Crippen molar-refractivity contribution in [2.24, 2.45) is 0 Å². The van der Waals surface area contributed by atoms with Crippen LogP contribution in [0.4, 0.5) is 13.2 Å². The van der Waals surface area contributed by atoms with Crippen LogP contribution in [0.1, 0.15) is 16.7 Å². The van der Waals surface area contributed by atoms with E-state index in [1.807, 2.05) is 0 Å². The van der Waals surface area contributed by atoms with Crippen LogP contribution in [0.2, 0.25) is 0 Å². The quantitative estimate of drug-likeness (QED) is 0.401. The van der Waals surface area contributed by atoms with E-state index in [0.717, 1.165) is 29.3 Å². The van der Waals surface area contributed by atoms with Crippen molar-refractivity contribution < 1.29 is 30.7 Å². The number of rotatable bonds is 7. The van der Waals surface area contributed by atoms with Gasteiger partial charge >= 0.3 is 6.18 Å². The van der Waals surface area contributed by atoms with E-state index < -0.39 is 21.8 Å². The molecule has 0 fully saturated rings. The predicted molar refractivity (Wildman–Crippen MR) is 119 cm³/mol. The highest BCUT2D eigenvalue weighted by molar-refractivity contribution is 9.10. The molecule has 0 aliphatic carbocycles. The molecule has 2 aromatic carbocycles. The Balaban J connectivity index is 2.01. The molecule has 0 unspecified atom stereocenters. The molecule has 0 bridgehead atoms. The van der Waals surface area contributed by atoms with Gasteiger partial charge in [-0.1, -0.05) is 6.07 Å². The first-order chi connectivity index (χ1) is 14.5. The van der Waals surface area contributed by atoms with E-state index in [1.165, 1.54) is 25.5 Å². The summed E-state index contributed by atoms with van der Waals surface area (Å²) in [7, 11) is -2.52. The molecule has 0 spiro atoms. The smallest absolute Gasteiger partial charge is 0.416 e. The normalized spacial score (nSPS) is 13.0. The fraction of sp³-hybridized carbons (Fsp3) is 0.200.